The number of para-hydroxylation sites is 1. The van der Waals surface area contributed by atoms with E-state index in [0.717, 1.165) is 33.3 Å². The fraction of sp³-hybridized carbons (Fsp3) is 0.211. The molecule has 3 heteroatoms. The van der Waals surface area contributed by atoms with Crippen molar-refractivity contribution in [2.45, 2.75) is 19.3 Å². The van der Waals surface area contributed by atoms with E-state index in [2.05, 4.69) is 18.8 Å². The number of rotatable bonds is 1. The van der Waals surface area contributed by atoms with Crippen molar-refractivity contribution < 1.29 is 9.53 Å². The molecule has 1 N–H and O–H groups in total. The summed E-state index contributed by atoms with van der Waals surface area (Å²) in [6.45, 7) is 4.30. The van der Waals surface area contributed by atoms with Crippen molar-refractivity contribution in [1.82, 2.24) is 4.98 Å². The van der Waals surface area contributed by atoms with Crippen molar-refractivity contribution in [3.8, 4) is 5.75 Å². The van der Waals surface area contributed by atoms with Gasteiger partial charge in [0.1, 0.15) is 5.75 Å². The van der Waals surface area contributed by atoms with Crippen LogP contribution in [0.3, 0.4) is 0 Å². The molecule has 22 heavy (non-hydrogen) atoms. The zero-order valence-corrected chi connectivity index (χ0v) is 12.9. The Balaban J connectivity index is 2.09. The highest BCUT2D eigenvalue weighted by Gasteiger charge is 2.39. The summed E-state index contributed by atoms with van der Waals surface area (Å²) in [6.07, 6.45) is 0. The van der Waals surface area contributed by atoms with Gasteiger partial charge in [-0.1, -0.05) is 38.1 Å². The van der Waals surface area contributed by atoms with Crippen molar-refractivity contribution in [3.63, 3.8) is 0 Å². The van der Waals surface area contributed by atoms with Gasteiger partial charge in [0.2, 0.25) is 0 Å². The average molecular weight is 291 g/mol. The lowest BCUT2D eigenvalue weighted by molar-refractivity contribution is 0.103. The van der Waals surface area contributed by atoms with E-state index in [1.807, 2.05) is 42.5 Å². The molecule has 0 aliphatic heterocycles. The van der Waals surface area contributed by atoms with E-state index in [4.69, 9.17) is 4.74 Å². The first-order valence-corrected chi connectivity index (χ1v) is 7.38. The molecule has 3 aromatic rings. The third kappa shape index (κ3) is 1.54. The molecule has 0 fully saturated rings. The molecule has 0 atom stereocenters. The monoisotopic (exact) mass is 291 g/mol. The predicted octanol–water partition coefficient (Wildman–Crippen LogP) is 4.05. The zero-order chi connectivity index (χ0) is 15.5. The molecule has 1 aromatic heterocycles. The van der Waals surface area contributed by atoms with E-state index in [9.17, 15) is 4.79 Å². The molecule has 4 rings (SSSR count). The molecular formula is C19H17NO2. The summed E-state index contributed by atoms with van der Waals surface area (Å²) in [5.41, 5.74) is 4.33. The van der Waals surface area contributed by atoms with Crippen LogP contribution in [0.4, 0.5) is 0 Å². The molecule has 1 aliphatic carbocycles. The Morgan fingerprint density at radius 1 is 1.09 bits per heavy atom. The quantitative estimate of drug-likeness (QED) is 0.735. The minimum absolute atomic E-state index is 0.0701. The third-order valence-corrected chi connectivity index (χ3v) is 4.70. The van der Waals surface area contributed by atoms with Gasteiger partial charge in [0.15, 0.2) is 5.78 Å². The number of aromatic amines is 1. The largest absolute Gasteiger partial charge is 0.497 e. The Labute approximate surface area is 128 Å². The van der Waals surface area contributed by atoms with Crippen LogP contribution in [0.5, 0.6) is 5.75 Å². The fourth-order valence-corrected chi connectivity index (χ4v) is 3.50. The maximum Gasteiger partial charge on any atom is 0.195 e. The highest BCUT2D eigenvalue weighted by Crippen LogP contribution is 2.44. The van der Waals surface area contributed by atoms with Crippen molar-refractivity contribution in [2.24, 2.45) is 0 Å². The van der Waals surface area contributed by atoms with Gasteiger partial charge in [0.05, 0.1) is 12.7 Å². The zero-order valence-electron chi connectivity index (χ0n) is 12.9. The van der Waals surface area contributed by atoms with Gasteiger partial charge in [0, 0.05) is 27.6 Å². The summed E-state index contributed by atoms with van der Waals surface area (Å²) in [4.78, 5) is 16.5. The number of methoxy groups -OCH3 is 1. The van der Waals surface area contributed by atoms with Crippen LogP contribution in [-0.4, -0.2) is 17.9 Å². The Morgan fingerprint density at radius 2 is 1.86 bits per heavy atom. The molecule has 1 heterocycles. The number of nitrogens with one attached hydrogen (secondary N) is 1. The van der Waals surface area contributed by atoms with Crippen molar-refractivity contribution >= 4 is 16.7 Å². The second-order valence-electron chi connectivity index (χ2n) is 6.29. The van der Waals surface area contributed by atoms with Crippen LogP contribution in [0.15, 0.2) is 42.5 Å². The number of ether oxygens (including phenoxy) is 1. The molecule has 3 nitrogen and oxygen atoms in total. The predicted molar refractivity (Wildman–Crippen MR) is 86.9 cm³/mol. The lowest BCUT2D eigenvalue weighted by atomic mass is 9.71. The lowest BCUT2D eigenvalue weighted by Crippen LogP contribution is -2.30. The molecule has 1 aliphatic rings. The number of carbonyl (C=O) groups excluding carboxylic acids is 1. The summed E-state index contributed by atoms with van der Waals surface area (Å²) < 4.78 is 5.29. The first-order valence-electron chi connectivity index (χ1n) is 7.38. The van der Waals surface area contributed by atoms with Crippen LogP contribution < -0.4 is 4.74 Å². The number of fused-ring (bicyclic) bond motifs is 4. The van der Waals surface area contributed by atoms with Crippen LogP contribution in [-0.2, 0) is 5.41 Å². The summed E-state index contributed by atoms with van der Waals surface area (Å²) in [7, 11) is 1.62. The molecule has 0 unspecified atom stereocenters. The summed E-state index contributed by atoms with van der Waals surface area (Å²) in [6, 6.07) is 13.7. The van der Waals surface area contributed by atoms with Crippen LogP contribution in [0.25, 0.3) is 10.9 Å². The molecule has 0 saturated heterocycles. The van der Waals surface area contributed by atoms with Gasteiger partial charge in [-0.05, 0) is 23.8 Å². The van der Waals surface area contributed by atoms with Crippen LogP contribution in [0.2, 0.25) is 0 Å². The fourth-order valence-electron chi connectivity index (χ4n) is 3.50. The van der Waals surface area contributed by atoms with Gasteiger partial charge in [-0.25, -0.2) is 0 Å². The highest BCUT2D eigenvalue weighted by molar-refractivity contribution is 6.20. The van der Waals surface area contributed by atoms with E-state index in [1.54, 1.807) is 7.11 Å². The van der Waals surface area contributed by atoms with Crippen LogP contribution in [0.1, 0.15) is 41.0 Å². The molecule has 2 aromatic carbocycles. The Kier molecular flexibility index (Phi) is 2.52. The number of aromatic nitrogens is 1. The number of hydrogen-bond donors (Lipinski definition) is 1. The Morgan fingerprint density at radius 3 is 2.64 bits per heavy atom. The number of hydrogen-bond acceptors (Lipinski definition) is 2. The molecule has 0 saturated carbocycles. The summed E-state index contributed by atoms with van der Waals surface area (Å²) in [5.74, 6) is 0.784. The standard InChI is InChI=1S/C19H17NO2/c1-19(2)14-9-8-11(22-3)10-13(14)17(21)16-12-6-4-5-7-15(12)20-18(16)19/h4-10,20H,1-3H3. The first-order chi connectivity index (χ1) is 10.5. The van der Waals surface area contributed by atoms with Crippen LogP contribution in [0, 0.1) is 0 Å². The number of carbonyl (C=O) groups is 1. The van der Waals surface area contributed by atoms with Gasteiger partial charge in [-0.2, -0.15) is 0 Å². The van der Waals surface area contributed by atoms with E-state index in [1.165, 1.54) is 0 Å². The van der Waals surface area contributed by atoms with E-state index in [0.29, 0.717) is 5.75 Å². The van der Waals surface area contributed by atoms with Gasteiger partial charge >= 0.3 is 0 Å². The minimum Gasteiger partial charge on any atom is -0.497 e. The van der Waals surface area contributed by atoms with E-state index in [-0.39, 0.29) is 11.2 Å². The van der Waals surface area contributed by atoms with E-state index >= 15 is 0 Å². The maximum atomic E-state index is 13.1. The molecule has 0 radical (unpaired) electrons. The normalized spacial score (nSPS) is 15.5. The molecule has 0 amide bonds. The average Bonchev–Trinajstić information content (AvgIpc) is 2.93. The number of benzene rings is 2. The summed E-state index contributed by atoms with van der Waals surface area (Å²) >= 11 is 0. The molecular weight excluding hydrogens is 274 g/mol. The molecule has 0 bridgehead atoms. The first kappa shape index (κ1) is 13.1. The summed E-state index contributed by atoms with van der Waals surface area (Å²) in [5, 5.41) is 0.990. The Bertz CT molecular complexity index is 918. The minimum atomic E-state index is -0.246. The van der Waals surface area contributed by atoms with Crippen molar-refractivity contribution in [3.05, 3.63) is 64.8 Å². The van der Waals surface area contributed by atoms with Gasteiger partial charge in [-0.3, -0.25) is 4.79 Å². The van der Waals surface area contributed by atoms with Crippen molar-refractivity contribution in [1.29, 1.82) is 0 Å². The van der Waals surface area contributed by atoms with Gasteiger partial charge in [-0.15, -0.1) is 0 Å². The highest BCUT2D eigenvalue weighted by atomic mass is 16.5. The second kappa shape index (κ2) is 4.23. The van der Waals surface area contributed by atoms with Gasteiger partial charge in [0.25, 0.3) is 0 Å². The second-order valence-corrected chi connectivity index (χ2v) is 6.29. The maximum absolute atomic E-state index is 13.1. The van der Waals surface area contributed by atoms with E-state index < -0.39 is 0 Å². The van der Waals surface area contributed by atoms with Crippen molar-refractivity contribution in [2.75, 3.05) is 7.11 Å². The number of H-pyrrole nitrogens is 1. The SMILES string of the molecule is COc1ccc2c(c1)C(=O)c1c([nH]c3ccccc13)C2(C)C. The molecule has 110 valence electrons. The smallest absolute Gasteiger partial charge is 0.195 e. The van der Waals surface area contributed by atoms with Crippen LogP contribution >= 0.6 is 0 Å². The lowest BCUT2D eigenvalue weighted by Gasteiger charge is -2.32. The van der Waals surface area contributed by atoms with Gasteiger partial charge < -0.3 is 9.72 Å². The number of ketones is 1. The third-order valence-electron chi connectivity index (χ3n) is 4.70. The molecule has 0 spiro atoms. The topological polar surface area (TPSA) is 42.1 Å². The Hall–Kier alpha value is -2.55.